The maximum atomic E-state index is 12.3. The second-order valence-corrected chi connectivity index (χ2v) is 8.34. The third kappa shape index (κ3) is 5.40. The molecule has 1 aliphatic carbocycles. The van der Waals surface area contributed by atoms with E-state index >= 15 is 0 Å². The highest BCUT2D eigenvalue weighted by atomic mass is 35.5. The molecule has 0 unspecified atom stereocenters. The van der Waals surface area contributed by atoms with Crippen molar-refractivity contribution < 1.29 is 9.53 Å². The molecular formula is C22H34ClN3O2. The summed E-state index contributed by atoms with van der Waals surface area (Å²) in [5.41, 5.74) is 1.36. The summed E-state index contributed by atoms with van der Waals surface area (Å²) in [5, 5.41) is 0. The minimum absolute atomic E-state index is 0. The first-order valence-electron chi connectivity index (χ1n) is 10.6. The van der Waals surface area contributed by atoms with E-state index in [1.165, 1.54) is 18.4 Å². The highest BCUT2D eigenvalue weighted by molar-refractivity contribution is 5.85. The fourth-order valence-corrected chi connectivity index (χ4v) is 4.54. The summed E-state index contributed by atoms with van der Waals surface area (Å²) in [6.45, 7) is 7.46. The highest BCUT2D eigenvalue weighted by Gasteiger charge is 2.34. The van der Waals surface area contributed by atoms with Crippen molar-refractivity contribution in [1.82, 2.24) is 14.7 Å². The zero-order valence-corrected chi connectivity index (χ0v) is 17.8. The van der Waals surface area contributed by atoms with Crippen LogP contribution in [0.2, 0.25) is 0 Å². The summed E-state index contributed by atoms with van der Waals surface area (Å²) in [5.74, 6) is 1.71. The molecule has 28 heavy (non-hydrogen) atoms. The number of hydrogen-bond acceptors (Lipinski definition) is 4. The zero-order chi connectivity index (χ0) is 18.6. The number of methoxy groups -OCH3 is 1. The lowest BCUT2D eigenvalue weighted by molar-refractivity contribution is -0.132. The summed E-state index contributed by atoms with van der Waals surface area (Å²) >= 11 is 0. The third-order valence-corrected chi connectivity index (χ3v) is 6.41. The standard InChI is InChI=1S/C22H33N3O2.ClH/c1-27-21-7-3-18(4-8-21)17-23-13-9-20(10-14-23)24-11-2-12-25(16-15-24)22(26)19-5-6-19;/h3-4,7-8,19-20H,2,5-6,9-17H2,1H3;1H. The number of carbonyl (C=O) groups is 1. The van der Waals surface area contributed by atoms with Crippen LogP contribution in [-0.4, -0.2) is 73.0 Å². The van der Waals surface area contributed by atoms with Gasteiger partial charge in [0.05, 0.1) is 7.11 Å². The van der Waals surface area contributed by atoms with E-state index in [4.69, 9.17) is 4.74 Å². The van der Waals surface area contributed by atoms with Crippen LogP contribution in [0.25, 0.3) is 0 Å². The van der Waals surface area contributed by atoms with E-state index in [-0.39, 0.29) is 12.4 Å². The van der Waals surface area contributed by atoms with Gasteiger partial charge in [0.2, 0.25) is 5.91 Å². The lowest BCUT2D eigenvalue weighted by Gasteiger charge is -2.38. The summed E-state index contributed by atoms with van der Waals surface area (Å²) in [4.78, 5) is 19.7. The van der Waals surface area contributed by atoms with Crippen molar-refractivity contribution in [2.45, 2.75) is 44.7 Å². The quantitative estimate of drug-likeness (QED) is 0.751. The Hall–Kier alpha value is -1.30. The zero-order valence-electron chi connectivity index (χ0n) is 17.0. The number of hydrogen-bond donors (Lipinski definition) is 0. The van der Waals surface area contributed by atoms with Gasteiger partial charge in [0.1, 0.15) is 5.75 Å². The van der Waals surface area contributed by atoms with Crippen LogP contribution < -0.4 is 4.74 Å². The number of amides is 1. The van der Waals surface area contributed by atoms with Gasteiger partial charge >= 0.3 is 0 Å². The van der Waals surface area contributed by atoms with Crippen molar-refractivity contribution in [2.24, 2.45) is 5.92 Å². The van der Waals surface area contributed by atoms with Gasteiger partial charge in [-0.15, -0.1) is 12.4 Å². The van der Waals surface area contributed by atoms with E-state index in [1.54, 1.807) is 7.11 Å². The first kappa shape index (κ1) is 21.4. The van der Waals surface area contributed by atoms with E-state index in [0.717, 1.165) is 70.8 Å². The number of rotatable bonds is 5. The fraction of sp³-hybridized carbons (Fsp3) is 0.682. The van der Waals surface area contributed by atoms with E-state index in [9.17, 15) is 4.79 Å². The summed E-state index contributed by atoms with van der Waals surface area (Å²) in [6, 6.07) is 9.13. The van der Waals surface area contributed by atoms with Crippen LogP contribution in [0, 0.1) is 5.92 Å². The van der Waals surface area contributed by atoms with Gasteiger partial charge in [0, 0.05) is 44.7 Å². The van der Waals surface area contributed by atoms with Gasteiger partial charge in [-0.2, -0.15) is 0 Å². The van der Waals surface area contributed by atoms with Crippen molar-refractivity contribution in [2.75, 3.05) is 46.4 Å². The molecule has 0 spiro atoms. The Morgan fingerprint density at radius 2 is 1.68 bits per heavy atom. The minimum Gasteiger partial charge on any atom is -0.497 e. The number of benzene rings is 1. The van der Waals surface area contributed by atoms with Crippen molar-refractivity contribution in [3.8, 4) is 5.75 Å². The van der Waals surface area contributed by atoms with Crippen molar-refractivity contribution >= 4 is 18.3 Å². The number of likely N-dealkylation sites (tertiary alicyclic amines) is 1. The number of carbonyl (C=O) groups excluding carboxylic acids is 1. The van der Waals surface area contributed by atoms with Crippen molar-refractivity contribution in [3.63, 3.8) is 0 Å². The Morgan fingerprint density at radius 1 is 0.964 bits per heavy atom. The molecule has 156 valence electrons. The first-order valence-corrected chi connectivity index (χ1v) is 10.6. The van der Waals surface area contributed by atoms with Crippen LogP contribution in [0.5, 0.6) is 5.75 Å². The lowest BCUT2D eigenvalue weighted by atomic mass is 10.0. The molecule has 2 aliphatic heterocycles. The Morgan fingerprint density at radius 3 is 2.32 bits per heavy atom. The molecule has 1 saturated carbocycles. The number of nitrogens with zero attached hydrogens (tertiary/aromatic N) is 3. The van der Waals surface area contributed by atoms with E-state index in [0.29, 0.717) is 17.9 Å². The smallest absolute Gasteiger partial charge is 0.225 e. The molecule has 0 bridgehead atoms. The molecule has 3 aliphatic rings. The van der Waals surface area contributed by atoms with Gasteiger partial charge in [0.25, 0.3) is 0 Å². The maximum Gasteiger partial charge on any atom is 0.225 e. The average molecular weight is 408 g/mol. The molecule has 0 aromatic heterocycles. The third-order valence-electron chi connectivity index (χ3n) is 6.41. The summed E-state index contributed by atoms with van der Waals surface area (Å²) in [7, 11) is 1.71. The summed E-state index contributed by atoms with van der Waals surface area (Å²) in [6.07, 6.45) is 5.85. The second-order valence-electron chi connectivity index (χ2n) is 8.34. The SMILES string of the molecule is COc1ccc(CN2CCC(N3CCCN(C(=O)C4CC4)CC3)CC2)cc1.Cl. The normalized spacial score (nSPS) is 22.4. The Kier molecular flexibility index (Phi) is 7.61. The molecule has 4 rings (SSSR count). The monoisotopic (exact) mass is 407 g/mol. The van der Waals surface area contributed by atoms with E-state index < -0.39 is 0 Å². The Labute approximate surface area is 175 Å². The van der Waals surface area contributed by atoms with Crippen molar-refractivity contribution in [1.29, 1.82) is 0 Å². The van der Waals surface area contributed by atoms with Gasteiger partial charge in [0.15, 0.2) is 0 Å². The molecule has 5 nitrogen and oxygen atoms in total. The highest BCUT2D eigenvalue weighted by Crippen LogP contribution is 2.31. The Balaban J connectivity index is 0.00000225. The van der Waals surface area contributed by atoms with E-state index in [1.807, 2.05) is 12.1 Å². The van der Waals surface area contributed by atoms with Gasteiger partial charge < -0.3 is 9.64 Å². The largest absolute Gasteiger partial charge is 0.497 e. The van der Waals surface area contributed by atoms with Gasteiger partial charge in [-0.3, -0.25) is 14.6 Å². The van der Waals surface area contributed by atoms with Crippen LogP contribution in [0.3, 0.4) is 0 Å². The lowest BCUT2D eigenvalue weighted by Crippen LogP contribution is -2.46. The minimum atomic E-state index is 0. The number of halogens is 1. The molecular weight excluding hydrogens is 374 g/mol. The fourth-order valence-electron chi connectivity index (χ4n) is 4.54. The van der Waals surface area contributed by atoms with Crippen LogP contribution >= 0.6 is 12.4 Å². The van der Waals surface area contributed by atoms with Gasteiger partial charge in [-0.25, -0.2) is 0 Å². The molecule has 2 heterocycles. The predicted octanol–water partition coefficient (Wildman–Crippen LogP) is 3.03. The van der Waals surface area contributed by atoms with Gasteiger partial charge in [-0.05, 0) is 62.9 Å². The second kappa shape index (κ2) is 9.95. The predicted molar refractivity (Wildman–Crippen MR) is 114 cm³/mol. The molecule has 1 aromatic carbocycles. The molecule has 2 saturated heterocycles. The van der Waals surface area contributed by atoms with Crippen LogP contribution in [0.15, 0.2) is 24.3 Å². The van der Waals surface area contributed by atoms with E-state index in [2.05, 4.69) is 26.8 Å². The molecule has 1 amide bonds. The molecule has 3 fully saturated rings. The van der Waals surface area contributed by atoms with Crippen molar-refractivity contribution in [3.05, 3.63) is 29.8 Å². The average Bonchev–Trinajstić information content (AvgIpc) is 3.56. The summed E-state index contributed by atoms with van der Waals surface area (Å²) < 4.78 is 5.25. The van der Waals surface area contributed by atoms with Crippen LogP contribution in [-0.2, 0) is 11.3 Å². The molecule has 0 N–H and O–H groups in total. The molecule has 1 aromatic rings. The maximum absolute atomic E-state index is 12.3. The number of ether oxygens (including phenoxy) is 1. The topological polar surface area (TPSA) is 36.0 Å². The van der Waals surface area contributed by atoms with Crippen LogP contribution in [0.1, 0.15) is 37.7 Å². The first-order chi connectivity index (χ1) is 13.2. The molecule has 0 atom stereocenters. The van der Waals surface area contributed by atoms with Crippen LogP contribution in [0.4, 0.5) is 0 Å². The van der Waals surface area contributed by atoms with Gasteiger partial charge in [-0.1, -0.05) is 12.1 Å². The molecule has 0 radical (unpaired) electrons. The number of piperidine rings is 1. The molecule has 6 heteroatoms. The Bertz CT molecular complexity index is 627.